The van der Waals surface area contributed by atoms with E-state index in [1.807, 2.05) is 6.92 Å². The summed E-state index contributed by atoms with van der Waals surface area (Å²) in [5.74, 6) is -1.33. The molecule has 20 heavy (non-hydrogen) atoms. The van der Waals surface area contributed by atoms with Gasteiger partial charge in [-0.25, -0.2) is 4.79 Å². The van der Waals surface area contributed by atoms with E-state index in [-0.39, 0.29) is 12.1 Å². The first kappa shape index (κ1) is 14.4. The molecule has 1 aromatic heterocycles. The summed E-state index contributed by atoms with van der Waals surface area (Å²) in [6.07, 6.45) is 4.61. The highest BCUT2D eigenvalue weighted by Gasteiger charge is 2.33. The Morgan fingerprint density at radius 1 is 1.50 bits per heavy atom. The Kier molecular flexibility index (Phi) is 4.26. The average molecular weight is 280 g/mol. The molecule has 2 amide bonds. The molecule has 0 radical (unpaired) electrons. The molecule has 1 saturated carbocycles. The predicted molar refractivity (Wildman–Crippen MR) is 73.5 cm³/mol. The second-order valence-corrected chi connectivity index (χ2v) is 5.10. The van der Waals surface area contributed by atoms with Crippen LogP contribution in [0, 0.1) is 5.92 Å². The molecule has 0 spiro atoms. The van der Waals surface area contributed by atoms with Crippen LogP contribution in [0.25, 0.3) is 0 Å². The van der Waals surface area contributed by atoms with Gasteiger partial charge in [0.05, 0.1) is 17.3 Å². The molecule has 2 rings (SSSR count). The summed E-state index contributed by atoms with van der Waals surface area (Å²) in [5, 5.41) is 18.8. The van der Waals surface area contributed by atoms with E-state index in [1.54, 1.807) is 17.9 Å². The van der Waals surface area contributed by atoms with Crippen molar-refractivity contribution in [2.45, 2.75) is 38.6 Å². The van der Waals surface area contributed by atoms with Gasteiger partial charge in [0, 0.05) is 19.3 Å². The van der Waals surface area contributed by atoms with Crippen molar-refractivity contribution < 1.29 is 14.7 Å². The number of nitrogens with one attached hydrogen (secondary N) is 2. The van der Waals surface area contributed by atoms with Crippen LogP contribution in [0.4, 0.5) is 10.5 Å². The van der Waals surface area contributed by atoms with Crippen LogP contribution >= 0.6 is 0 Å². The monoisotopic (exact) mass is 280 g/mol. The van der Waals surface area contributed by atoms with E-state index in [0.717, 1.165) is 18.5 Å². The summed E-state index contributed by atoms with van der Waals surface area (Å²) in [4.78, 5) is 23.0. The van der Waals surface area contributed by atoms with Crippen molar-refractivity contribution in [1.29, 1.82) is 0 Å². The minimum Gasteiger partial charge on any atom is -0.481 e. The SMILES string of the molecule is CCc1nn(C)cc1NC(=O)NC1CCCC1C(=O)O. The zero-order chi connectivity index (χ0) is 14.7. The number of rotatable bonds is 4. The maximum atomic E-state index is 12.0. The van der Waals surface area contributed by atoms with Crippen LogP contribution in [0.3, 0.4) is 0 Å². The third kappa shape index (κ3) is 3.09. The first-order valence-corrected chi connectivity index (χ1v) is 6.84. The van der Waals surface area contributed by atoms with Crippen molar-refractivity contribution >= 4 is 17.7 Å². The summed E-state index contributed by atoms with van der Waals surface area (Å²) in [6.45, 7) is 1.96. The Morgan fingerprint density at radius 2 is 2.25 bits per heavy atom. The van der Waals surface area contributed by atoms with E-state index in [1.165, 1.54) is 0 Å². The molecule has 0 saturated heterocycles. The molecule has 1 aliphatic rings. The van der Waals surface area contributed by atoms with Crippen LogP contribution in [0.1, 0.15) is 31.9 Å². The van der Waals surface area contributed by atoms with Gasteiger partial charge < -0.3 is 15.7 Å². The number of carboxylic acid groups (broad SMARTS) is 1. The lowest BCUT2D eigenvalue weighted by Gasteiger charge is -2.17. The minimum absolute atomic E-state index is 0.297. The largest absolute Gasteiger partial charge is 0.481 e. The number of anilines is 1. The number of urea groups is 1. The highest BCUT2D eigenvalue weighted by atomic mass is 16.4. The fourth-order valence-corrected chi connectivity index (χ4v) is 2.66. The van der Waals surface area contributed by atoms with Gasteiger partial charge in [0.2, 0.25) is 0 Å². The highest BCUT2D eigenvalue weighted by molar-refractivity contribution is 5.90. The van der Waals surface area contributed by atoms with Crippen LogP contribution < -0.4 is 10.6 Å². The zero-order valence-electron chi connectivity index (χ0n) is 11.7. The van der Waals surface area contributed by atoms with Crippen molar-refractivity contribution in [3.63, 3.8) is 0 Å². The molecule has 110 valence electrons. The van der Waals surface area contributed by atoms with Crippen molar-refractivity contribution in [3.05, 3.63) is 11.9 Å². The minimum atomic E-state index is -0.844. The first-order valence-electron chi connectivity index (χ1n) is 6.84. The van der Waals surface area contributed by atoms with Crippen molar-refractivity contribution in [2.24, 2.45) is 13.0 Å². The molecule has 1 aromatic rings. The molecule has 1 heterocycles. The molecule has 1 aliphatic carbocycles. The van der Waals surface area contributed by atoms with E-state index in [0.29, 0.717) is 18.5 Å². The van der Waals surface area contributed by atoms with Gasteiger partial charge in [-0.3, -0.25) is 9.48 Å². The third-order valence-electron chi connectivity index (χ3n) is 3.64. The maximum Gasteiger partial charge on any atom is 0.319 e. The highest BCUT2D eigenvalue weighted by Crippen LogP contribution is 2.26. The third-order valence-corrected chi connectivity index (χ3v) is 3.64. The lowest BCUT2D eigenvalue weighted by atomic mass is 10.0. The molecular weight excluding hydrogens is 260 g/mol. The van der Waals surface area contributed by atoms with Gasteiger partial charge in [0.1, 0.15) is 0 Å². The van der Waals surface area contributed by atoms with Gasteiger partial charge in [-0.2, -0.15) is 5.10 Å². The normalized spacial score (nSPS) is 21.7. The number of carbonyl (C=O) groups is 2. The molecule has 2 atom stereocenters. The summed E-state index contributed by atoms with van der Waals surface area (Å²) in [7, 11) is 1.79. The van der Waals surface area contributed by atoms with Crippen LogP contribution in [-0.2, 0) is 18.3 Å². The first-order chi connectivity index (χ1) is 9.51. The summed E-state index contributed by atoms with van der Waals surface area (Å²) in [5.41, 5.74) is 1.47. The smallest absolute Gasteiger partial charge is 0.319 e. The number of hydrogen-bond acceptors (Lipinski definition) is 3. The van der Waals surface area contributed by atoms with Crippen molar-refractivity contribution in [1.82, 2.24) is 15.1 Å². The fraction of sp³-hybridized carbons (Fsp3) is 0.615. The van der Waals surface area contributed by atoms with Crippen LogP contribution in [0.5, 0.6) is 0 Å². The number of carboxylic acids is 1. The topological polar surface area (TPSA) is 96.3 Å². The Labute approximate surface area is 117 Å². The van der Waals surface area contributed by atoms with Gasteiger partial charge in [0.25, 0.3) is 0 Å². The van der Waals surface area contributed by atoms with Crippen molar-refractivity contribution in [3.8, 4) is 0 Å². The number of aliphatic carboxylic acids is 1. The van der Waals surface area contributed by atoms with E-state index in [2.05, 4.69) is 15.7 Å². The number of aryl methyl sites for hydroxylation is 2. The number of carbonyl (C=O) groups excluding carboxylic acids is 1. The van der Waals surface area contributed by atoms with Gasteiger partial charge in [-0.05, 0) is 19.3 Å². The molecular formula is C13H20N4O3. The molecule has 7 heteroatoms. The second-order valence-electron chi connectivity index (χ2n) is 5.10. The number of amides is 2. The molecule has 2 unspecified atom stereocenters. The average Bonchev–Trinajstić information content (AvgIpc) is 2.95. The molecule has 0 bridgehead atoms. The Bertz CT molecular complexity index is 512. The predicted octanol–water partition coefficient (Wildman–Crippen LogP) is 1.36. The summed E-state index contributed by atoms with van der Waals surface area (Å²) in [6, 6.07) is -0.667. The Hall–Kier alpha value is -2.05. The second kappa shape index (κ2) is 5.94. The molecule has 0 aromatic carbocycles. The molecule has 3 N–H and O–H groups in total. The van der Waals surface area contributed by atoms with Crippen LogP contribution in [0.2, 0.25) is 0 Å². The van der Waals surface area contributed by atoms with Gasteiger partial charge in [-0.1, -0.05) is 13.3 Å². The number of aromatic nitrogens is 2. The number of nitrogens with zero attached hydrogens (tertiary/aromatic N) is 2. The lowest BCUT2D eigenvalue weighted by molar-refractivity contribution is -0.142. The van der Waals surface area contributed by atoms with Gasteiger partial charge in [-0.15, -0.1) is 0 Å². The summed E-state index contributed by atoms with van der Waals surface area (Å²) < 4.78 is 1.64. The lowest BCUT2D eigenvalue weighted by Crippen LogP contribution is -2.42. The quantitative estimate of drug-likeness (QED) is 0.775. The Morgan fingerprint density at radius 3 is 2.90 bits per heavy atom. The fourth-order valence-electron chi connectivity index (χ4n) is 2.66. The van der Waals surface area contributed by atoms with Crippen LogP contribution in [0.15, 0.2) is 6.20 Å². The zero-order valence-corrected chi connectivity index (χ0v) is 11.7. The van der Waals surface area contributed by atoms with Gasteiger partial charge in [0.15, 0.2) is 0 Å². The van der Waals surface area contributed by atoms with E-state index in [4.69, 9.17) is 5.11 Å². The van der Waals surface area contributed by atoms with E-state index >= 15 is 0 Å². The van der Waals surface area contributed by atoms with Crippen LogP contribution in [-0.4, -0.2) is 32.9 Å². The molecule has 1 fully saturated rings. The molecule has 7 nitrogen and oxygen atoms in total. The number of hydrogen-bond donors (Lipinski definition) is 3. The maximum absolute atomic E-state index is 12.0. The molecule has 0 aliphatic heterocycles. The van der Waals surface area contributed by atoms with E-state index < -0.39 is 11.9 Å². The van der Waals surface area contributed by atoms with E-state index in [9.17, 15) is 9.59 Å². The summed E-state index contributed by atoms with van der Waals surface area (Å²) >= 11 is 0. The van der Waals surface area contributed by atoms with Crippen molar-refractivity contribution in [2.75, 3.05) is 5.32 Å². The van der Waals surface area contributed by atoms with Gasteiger partial charge >= 0.3 is 12.0 Å². The standard InChI is InChI=1S/C13H20N4O3/c1-3-9-11(7-17(2)16-9)15-13(20)14-10-6-4-5-8(10)12(18)19/h7-8,10H,3-6H2,1-2H3,(H,18,19)(H2,14,15,20). The Balaban J connectivity index is 1.97.